The smallest absolute Gasteiger partial charge is 0.253 e. The molecule has 0 aliphatic rings. The second-order valence-corrected chi connectivity index (χ2v) is 7.35. The maximum Gasteiger partial charge on any atom is 0.253 e. The van der Waals surface area contributed by atoms with Crippen molar-refractivity contribution in [2.45, 2.75) is 13.1 Å². The molecule has 6 nitrogen and oxygen atoms in total. The Hall–Kier alpha value is -4.19. The molecular weight excluding hydrogens is 386 g/mol. The fraction of sp³-hybridized carbons (Fsp3) is 0.0800. The van der Waals surface area contributed by atoms with Gasteiger partial charge in [-0.1, -0.05) is 36.4 Å². The molecule has 0 atom stereocenters. The lowest BCUT2D eigenvalue weighted by Crippen LogP contribution is -2.22. The van der Waals surface area contributed by atoms with Crippen LogP contribution in [-0.2, 0) is 13.1 Å². The summed E-state index contributed by atoms with van der Waals surface area (Å²) in [6.07, 6.45) is 9.24. The van der Waals surface area contributed by atoms with Crippen molar-refractivity contribution in [1.29, 1.82) is 0 Å². The van der Waals surface area contributed by atoms with E-state index in [1.165, 1.54) is 5.56 Å². The molecule has 5 aromatic rings. The number of fused-ring (bicyclic) bond motifs is 1. The summed E-state index contributed by atoms with van der Waals surface area (Å²) in [6.45, 7) is 1.20. The molecule has 0 unspecified atom stereocenters. The minimum atomic E-state index is -0.115. The lowest BCUT2D eigenvalue weighted by atomic mass is 10.2. The summed E-state index contributed by atoms with van der Waals surface area (Å²) in [7, 11) is 0. The van der Waals surface area contributed by atoms with Gasteiger partial charge in [-0.25, -0.2) is 4.98 Å². The van der Waals surface area contributed by atoms with E-state index in [4.69, 9.17) is 0 Å². The number of hydrogen-bond acceptors (Lipinski definition) is 3. The summed E-state index contributed by atoms with van der Waals surface area (Å²) < 4.78 is 4.06. The van der Waals surface area contributed by atoms with Crippen molar-refractivity contribution < 1.29 is 4.79 Å². The van der Waals surface area contributed by atoms with Gasteiger partial charge < -0.3 is 14.3 Å². The number of pyridine rings is 2. The van der Waals surface area contributed by atoms with E-state index >= 15 is 0 Å². The third-order valence-corrected chi connectivity index (χ3v) is 5.23. The molecule has 4 heterocycles. The first-order valence-corrected chi connectivity index (χ1v) is 10.1. The molecule has 0 bridgehead atoms. The summed E-state index contributed by atoms with van der Waals surface area (Å²) in [4.78, 5) is 21.6. The number of benzene rings is 1. The van der Waals surface area contributed by atoms with Crippen LogP contribution >= 0.6 is 0 Å². The van der Waals surface area contributed by atoms with Crippen LogP contribution in [-0.4, -0.2) is 24.8 Å². The van der Waals surface area contributed by atoms with Gasteiger partial charge in [-0.3, -0.25) is 9.78 Å². The Morgan fingerprint density at radius 1 is 0.935 bits per heavy atom. The fourth-order valence-electron chi connectivity index (χ4n) is 3.68. The number of carbonyl (C=O) groups is 1. The normalized spacial score (nSPS) is 11.0. The van der Waals surface area contributed by atoms with Crippen LogP contribution in [0.15, 0.2) is 97.8 Å². The average Bonchev–Trinajstić information content (AvgIpc) is 3.43. The Labute approximate surface area is 179 Å². The number of hydrogen-bond donors (Lipinski definition) is 1. The molecule has 1 amide bonds. The van der Waals surface area contributed by atoms with Crippen LogP contribution in [0, 0.1) is 0 Å². The quantitative estimate of drug-likeness (QED) is 0.459. The first-order valence-electron chi connectivity index (χ1n) is 10.1. The van der Waals surface area contributed by atoms with E-state index in [0.717, 1.165) is 29.0 Å². The first-order chi connectivity index (χ1) is 15.3. The molecule has 31 heavy (non-hydrogen) atoms. The SMILES string of the molecule is O=C(NCc1ccncc1)c1cc(-c2cn(Cc3ccccc3)cn2)n2ccccc12. The van der Waals surface area contributed by atoms with Crippen molar-refractivity contribution in [2.75, 3.05) is 0 Å². The van der Waals surface area contributed by atoms with Gasteiger partial charge in [0.2, 0.25) is 0 Å². The van der Waals surface area contributed by atoms with Crippen LogP contribution < -0.4 is 5.32 Å². The Kier molecular flexibility index (Phi) is 5.02. The molecular formula is C25H21N5O. The van der Waals surface area contributed by atoms with Crippen molar-refractivity contribution in [1.82, 2.24) is 24.3 Å². The monoisotopic (exact) mass is 407 g/mol. The maximum atomic E-state index is 13.0. The van der Waals surface area contributed by atoms with Gasteiger partial charge in [0, 0.05) is 37.9 Å². The van der Waals surface area contributed by atoms with Crippen molar-refractivity contribution in [2.24, 2.45) is 0 Å². The Morgan fingerprint density at radius 2 is 1.74 bits per heavy atom. The van der Waals surface area contributed by atoms with Crippen molar-refractivity contribution in [3.63, 3.8) is 0 Å². The molecule has 0 fully saturated rings. The largest absolute Gasteiger partial charge is 0.348 e. The van der Waals surface area contributed by atoms with Gasteiger partial charge in [0.1, 0.15) is 5.69 Å². The Balaban J connectivity index is 1.43. The zero-order valence-electron chi connectivity index (χ0n) is 16.8. The van der Waals surface area contributed by atoms with Crippen molar-refractivity contribution in [3.05, 3.63) is 115 Å². The second kappa shape index (κ2) is 8.28. The van der Waals surface area contributed by atoms with E-state index in [1.54, 1.807) is 12.4 Å². The van der Waals surface area contributed by atoms with E-state index in [1.807, 2.05) is 77.7 Å². The summed E-state index contributed by atoms with van der Waals surface area (Å²) in [5.74, 6) is -0.115. The molecule has 5 rings (SSSR count). The lowest BCUT2D eigenvalue weighted by molar-refractivity contribution is 0.0952. The number of imidazole rings is 1. The highest BCUT2D eigenvalue weighted by molar-refractivity contribution is 6.02. The average molecular weight is 407 g/mol. The topological polar surface area (TPSA) is 64.2 Å². The summed E-state index contributed by atoms with van der Waals surface area (Å²) in [6, 6.07) is 21.8. The molecule has 0 saturated carbocycles. The minimum absolute atomic E-state index is 0.115. The summed E-state index contributed by atoms with van der Waals surface area (Å²) >= 11 is 0. The highest BCUT2D eigenvalue weighted by atomic mass is 16.1. The number of nitrogens with one attached hydrogen (secondary N) is 1. The zero-order valence-corrected chi connectivity index (χ0v) is 16.8. The predicted molar refractivity (Wildman–Crippen MR) is 120 cm³/mol. The first kappa shape index (κ1) is 18.8. The van der Waals surface area contributed by atoms with Crippen LogP contribution in [0.25, 0.3) is 16.9 Å². The second-order valence-electron chi connectivity index (χ2n) is 7.35. The van der Waals surface area contributed by atoms with Gasteiger partial charge in [-0.15, -0.1) is 0 Å². The predicted octanol–water partition coefficient (Wildman–Crippen LogP) is 4.18. The number of rotatable bonds is 6. The van der Waals surface area contributed by atoms with Gasteiger partial charge in [0.25, 0.3) is 5.91 Å². The van der Waals surface area contributed by atoms with Gasteiger partial charge in [-0.2, -0.15) is 0 Å². The lowest BCUT2D eigenvalue weighted by Gasteiger charge is -2.04. The molecule has 0 aliphatic heterocycles. The van der Waals surface area contributed by atoms with E-state index in [9.17, 15) is 4.79 Å². The maximum absolute atomic E-state index is 13.0. The highest BCUT2D eigenvalue weighted by Crippen LogP contribution is 2.25. The van der Waals surface area contributed by atoms with Gasteiger partial charge >= 0.3 is 0 Å². The molecule has 1 aromatic carbocycles. The zero-order chi connectivity index (χ0) is 21.0. The number of aromatic nitrogens is 4. The third kappa shape index (κ3) is 3.96. The van der Waals surface area contributed by atoms with Crippen LogP contribution in [0.2, 0.25) is 0 Å². The van der Waals surface area contributed by atoms with Gasteiger partial charge in [0.15, 0.2) is 0 Å². The Morgan fingerprint density at radius 3 is 2.58 bits per heavy atom. The number of nitrogens with zero attached hydrogens (tertiary/aromatic N) is 4. The van der Waals surface area contributed by atoms with Crippen molar-refractivity contribution >= 4 is 11.4 Å². The molecule has 0 radical (unpaired) electrons. The molecule has 0 spiro atoms. The van der Waals surface area contributed by atoms with Crippen LogP contribution in [0.5, 0.6) is 0 Å². The van der Waals surface area contributed by atoms with Gasteiger partial charge in [-0.05, 0) is 41.5 Å². The Bertz CT molecular complexity index is 1320. The van der Waals surface area contributed by atoms with E-state index in [-0.39, 0.29) is 5.91 Å². The number of carbonyl (C=O) groups excluding carboxylic acids is 1. The van der Waals surface area contributed by atoms with Crippen LogP contribution in [0.1, 0.15) is 21.5 Å². The number of amides is 1. The molecule has 152 valence electrons. The third-order valence-electron chi connectivity index (χ3n) is 5.23. The highest BCUT2D eigenvalue weighted by Gasteiger charge is 2.17. The molecule has 6 heteroatoms. The van der Waals surface area contributed by atoms with Gasteiger partial charge in [0.05, 0.1) is 23.1 Å². The van der Waals surface area contributed by atoms with Crippen LogP contribution in [0.4, 0.5) is 0 Å². The molecule has 1 N–H and O–H groups in total. The van der Waals surface area contributed by atoms with E-state index in [0.29, 0.717) is 12.1 Å². The van der Waals surface area contributed by atoms with E-state index < -0.39 is 0 Å². The standard InChI is InChI=1S/C25H21N5O/c31-25(27-15-19-9-11-26-12-10-19)21-14-24(30-13-5-4-8-23(21)30)22-17-29(18-28-22)16-20-6-2-1-3-7-20/h1-14,17-18H,15-16H2,(H,27,31). The van der Waals surface area contributed by atoms with Crippen molar-refractivity contribution in [3.8, 4) is 11.4 Å². The summed E-state index contributed by atoms with van der Waals surface area (Å²) in [5.41, 5.74) is 5.40. The van der Waals surface area contributed by atoms with E-state index in [2.05, 4.69) is 32.0 Å². The molecule has 0 saturated heterocycles. The molecule has 0 aliphatic carbocycles. The summed E-state index contributed by atoms with van der Waals surface area (Å²) in [5, 5.41) is 3.00. The fourth-order valence-corrected chi connectivity index (χ4v) is 3.68. The molecule has 4 aromatic heterocycles. The minimum Gasteiger partial charge on any atom is -0.348 e. The van der Waals surface area contributed by atoms with Crippen LogP contribution in [0.3, 0.4) is 0 Å².